The molecular formula is C27H34BrClN4O6. The number of nitrogens with one attached hydrogen (secondary N) is 1. The first-order valence-corrected chi connectivity index (χ1v) is 13.9. The fourth-order valence-electron chi connectivity index (χ4n) is 3.70. The summed E-state index contributed by atoms with van der Waals surface area (Å²) in [6.45, 7) is 5.24. The van der Waals surface area contributed by atoms with Crippen LogP contribution < -0.4 is 25.3 Å². The molecule has 0 unspecified atom stereocenters. The van der Waals surface area contributed by atoms with E-state index in [1.165, 1.54) is 5.01 Å². The molecule has 2 aromatic carbocycles. The van der Waals surface area contributed by atoms with Gasteiger partial charge in [0, 0.05) is 44.8 Å². The van der Waals surface area contributed by atoms with Crippen LogP contribution in [0.3, 0.4) is 0 Å². The number of halogens is 2. The molecular weight excluding hydrogens is 592 g/mol. The molecule has 0 aliphatic carbocycles. The second-order valence-electron chi connectivity index (χ2n) is 9.23. The number of ether oxygens (including phenoxy) is 3. The maximum Gasteiger partial charge on any atom is 0.255 e. The number of nitrogens with two attached hydrogens (primary N) is 1. The Morgan fingerprint density at radius 3 is 2.67 bits per heavy atom. The molecule has 39 heavy (non-hydrogen) atoms. The Kier molecular flexibility index (Phi) is 11.9. The highest BCUT2D eigenvalue weighted by Crippen LogP contribution is 2.30. The molecule has 0 aromatic heterocycles. The second-order valence-corrected chi connectivity index (χ2v) is 10.5. The van der Waals surface area contributed by atoms with Crippen molar-refractivity contribution in [3.8, 4) is 17.2 Å². The molecule has 12 heteroatoms. The number of benzene rings is 2. The predicted octanol–water partition coefficient (Wildman–Crippen LogP) is 3.85. The third-order valence-corrected chi connectivity index (χ3v) is 6.55. The van der Waals surface area contributed by atoms with Crippen molar-refractivity contribution in [1.82, 2.24) is 10.3 Å². The fourth-order valence-corrected chi connectivity index (χ4v) is 4.39. The molecule has 1 atom stereocenters. The Morgan fingerprint density at radius 2 is 1.97 bits per heavy atom. The molecule has 10 nitrogen and oxygen atoms in total. The average Bonchev–Trinajstić information content (AvgIpc) is 2.88. The van der Waals surface area contributed by atoms with E-state index in [-0.39, 0.29) is 12.5 Å². The molecule has 2 amide bonds. The van der Waals surface area contributed by atoms with Crippen molar-refractivity contribution in [3.05, 3.63) is 51.5 Å². The van der Waals surface area contributed by atoms with Crippen molar-refractivity contribution in [2.45, 2.75) is 51.9 Å². The number of aliphatic hydroxyl groups is 1. The number of rotatable bonds is 15. The lowest BCUT2D eigenvalue weighted by atomic mass is 10.0. The standard InChI is InChI=1S/C27H34BrClN4O6/c1-17(2)31-11-10-27(36)39-23-8-5-19(15-20(23)28)37-13-3-12-33-26(35)9-6-22(32-33)18-4-7-24(21(29)14-18)38-16-25(30)34/h4-5,7-8,14-15,17,27,31,36H,3,6,9-13,16H2,1-2H3,(H2,30,34)/t27-/m0/s1. The molecule has 212 valence electrons. The Labute approximate surface area is 241 Å². The third-order valence-electron chi connectivity index (χ3n) is 5.63. The maximum absolute atomic E-state index is 12.4. The van der Waals surface area contributed by atoms with Crippen molar-refractivity contribution in [3.63, 3.8) is 0 Å². The Bertz CT molecular complexity index is 1180. The van der Waals surface area contributed by atoms with Gasteiger partial charge >= 0.3 is 0 Å². The van der Waals surface area contributed by atoms with Crippen LogP contribution in [0, 0.1) is 0 Å². The lowest BCUT2D eigenvalue weighted by Crippen LogP contribution is -2.33. The second kappa shape index (κ2) is 15.1. The summed E-state index contributed by atoms with van der Waals surface area (Å²) >= 11 is 9.74. The molecule has 0 fully saturated rings. The summed E-state index contributed by atoms with van der Waals surface area (Å²) < 4.78 is 17.4. The van der Waals surface area contributed by atoms with Crippen LogP contribution in [0.4, 0.5) is 0 Å². The number of hydrazone groups is 1. The quantitative estimate of drug-likeness (QED) is 0.202. The smallest absolute Gasteiger partial charge is 0.255 e. The van der Waals surface area contributed by atoms with Crippen LogP contribution in [0.25, 0.3) is 0 Å². The van der Waals surface area contributed by atoms with E-state index < -0.39 is 12.2 Å². The van der Waals surface area contributed by atoms with Crippen LogP contribution in [0.5, 0.6) is 17.2 Å². The molecule has 4 N–H and O–H groups in total. The predicted molar refractivity (Wildman–Crippen MR) is 152 cm³/mol. The van der Waals surface area contributed by atoms with Gasteiger partial charge in [0.2, 0.25) is 5.91 Å². The lowest BCUT2D eigenvalue weighted by Gasteiger charge is -2.24. The van der Waals surface area contributed by atoms with Gasteiger partial charge in [-0.3, -0.25) is 9.59 Å². The first kappa shape index (κ1) is 30.7. The molecule has 0 saturated heterocycles. The van der Waals surface area contributed by atoms with Crippen LogP contribution in [0.15, 0.2) is 46.0 Å². The van der Waals surface area contributed by atoms with Gasteiger partial charge in [0.1, 0.15) is 17.2 Å². The van der Waals surface area contributed by atoms with E-state index in [4.69, 9.17) is 31.5 Å². The SMILES string of the molecule is CC(C)NCC[C@@H](O)Oc1ccc(OCCCN2N=C(c3ccc(OCC(N)=O)c(Cl)c3)CCC2=O)cc1Br. The van der Waals surface area contributed by atoms with Gasteiger partial charge in [-0.2, -0.15) is 5.10 Å². The zero-order valence-electron chi connectivity index (χ0n) is 22.0. The zero-order valence-corrected chi connectivity index (χ0v) is 24.3. The minimum Gasteiger partial charge on any atom is -0.493 e. The number of carbonyl (C=O) groups excluding carboxylic acids is 2. The normalized spacial score (nSPS) is 14.3. The van der Waals surface area contributed by atoms with Crippen molar-refractivity contribution in [1.29, 1.82) is 0 Å². The zero-order chi connectivity index (χ0) is 28.4. The van der Waals surface area contributed by atoms with E-state index >= 15 is 0 Å². The number of nitrogens with zero attached hydrogens (tertiary/aromatic N) is 2. The van der Waals surface area contributed by atoms with Gasteiger partial charge in [0.25, 0.3) is 5.91 Å². The molecule has 2 aromatic rings. The molecule has 1 aliphatic heterocycles. The van der Waals surface area contributed by atoms with Gasteiger partial charge in [-0.25, -0.2) is 5.01 Å². The fraction of sp³-hybridized carbons (Fsp3) is 0.444. The topological polar surface area (TPSA) is 136 Å². The minimum absolute atomic E-state index is 0.0577. The minimum atomic E-state index is -0.920. The summed E-state index contributed by atoms with van der Waals surface area (Å²) in [5.41, 5.74) is 6.62. The van der Waals surface area contributed by atoms with Gasteiger partial charge in [-0.1, -0.05) is 25.4 Å². The van der Waals surface area contributed by atoms with E-state index in [9.17, 15) is 14.7 Å². The van der Waals surface area contributed by atoms with Crippen LogP contribution in [-0.2, 0) is 9.59 Å². The van der Waals surface area contributed by atoms with E-state index in [0.29, 0.717) is 78.2 Å². The molecule has 0 radical (unpaired) electrons. The first-order valence-electron chi connectivity index (χ1n) is 12.7. The summed E-state index contributed by atoms with van der Waals surface area (Å²) in [5.74, 6) is 0.851. The van der Waals surface area contributed by atoms with Crippen LogP contribution in [-0.4, -0.2) is 66.3 Å². The van der Waals surface area contributed by atoms with Crippen molar-refractivity contribution in [2.24, 2.45) is 10.8 Å². The van der Waals surface area contributed by atoms with Gasteiger partial charge in [-0.15, -0.1) is 0 Å². The molecule has 1 aliphatic rings. The van der Waals surface area contributed by atoms with Gasteiger partial charge < -0.3 is 30.4 Å². The number of hydrogen-bond acceptors (Lipinski definition) is 8. The summed E-state index contributed by atoms with van der Waals surface area (Å²) in [7, 11) is 0. The highest BCUT2D eigenvalue weighted by Gasteiger charge is 2.22. The number of carbonyl (C=O) groups is 2. The number of amides is 2. The summed E-state index contributed by atoms with van der Waals surface area (Å²) in [4.78, 5) is 23.4. The third kappa shape index (κ3) is 9.99. The number of hydrogen-bond donors (Lipinski definition) is 3. The molecule has 1 heterocycles. The lowest BCUT2D eigenvalue weighted by molar-refractivity contribution is -0.131. The van der Waals surface area contributed by atoms with E-state index in [1.807, 2.05) is 13.8 Å². The van der Waals surface area contributed by atoms with Gasteiger partial charge in [0.05, 0.1) is 21.8 Å². The largest absolute Gasteiger partial charge is 0.493 e. The Balaban J connectivity index is 1.49. The highest BCUT2D eigenvalue weighted by atomic mass is 79.9. The van der Waals surface area contributed by atoms with Crippen molar-refractivity contribution >= 4 is 45.1 Å². The van der Waals surface area contributed by atoms with E-state index in [0.717, 1.165) is 11.3 Å². The number of primary amides is 1. The van der Waals surface area contributed by atoms with Gasteiger partial charge in [-0.05, 0) is 57.9 Å². The van der Waals surface area contributed by atoms with Crippen LogP contribution >= 0.6 is 27.5 Å². The molecule has 0 saturated carbocycles. The summed E-state index contributed by atoms with van der Waals surface area (Å²) in [6, 6.07) is 10.7. The van der Waals surface area contributed by atoms with E-state index in [1.54, 1.807) is 36.4 Å². The molecule has 3 rings (SSSR count). The number of aliphatic hydroxyl groups excluding tert-OH is 1. The average molecular weight is 626 g/mol. The summed E-state index contributed by atoms with van der Waals surface area (Å²) in [5, 5.41) is 19.6. The van der Waals surface area contributed by atoms with Crippen molar-refractivity contribution in [2.75, 3.05) is 26.3 Å². The monoisotopic (exact) mass is 624 g/mol. The Morgan fingerprint density at radius 1 is 1.21 bits per heavy atom. The maximum atomic E-state index is 12.4. The van der Waals surface area contributed by atoms with Crippen LogP contribution in [0.2, 0.25) is 5.02 Å². The van der Waals surface area contributed by atoms with E-state index in [2.05, 4.69) is 26.3 Å². The summed E-state index contributed by atoms with van der Waals surface area (Å²) in [6.07, 6.45) is 0.947. The van der Waals surface area contributed by atoms with Gasteiger partial charge in [0.15, 0.2) is 12.9 Å². The van der Waals surface area contributed by atoms with Crippen molar-refractivity contribution < 1.29 is 28.9 Å². The first-order chi connectivity index (χ1) is 18.6. The highest BCUT2D eigenvalue weighted by molar-refractivity contribution is 9.10. The van der Waals surface area contributed by atoms with Crippen LogP contribution in [0.1, 0.15) is 45.1 Å². The molecule has 0 spiro atoms. The Hall–Kier alpha value is -2.86. The molecule has 0 bridgehead atoms.